The first-order chi connectivity index (χ1) is 14.1. The molecule has 3 aromatic carbocycles. The summed E-state index contributed by atoms with van der Waals surface area (Å²) < 4.78 is 2.25. The lowest BCUT2D eigenvalue weighted by molar-refractivity contribution is -0.384. The number of non-ortho nitro benzene ring substituents is 1. The normalized spacial score (nSPS) is 11.3. The molecule has 1 aromatic heterocycles. The number of hydrogen-bond acceptors (Lipinski definition) is 3. The van der Waals surface area contributed by atoms with E-state index in [1.807, 2.05) is 30.3 Å². The SMILES string of the molecule is CCn1c2ccccc2c2cc(NC(=O)/C=C/c3cccc([N+](=O)[O-])c3)ccc21. The first-order valence-corrected chi connectivity index (χ1v) is 9.31. The standard InChI is InChI=1S/C23H19N3O3/c1-2-25-21-9-4-3-8-19(21)20-15-17(11-12-22(20)25)24-23(27)13-10-16-6-5-7-18(14-16)26(28)29/h3-15H,2H2,1H3,(H,24,27)/b13-10+. The van der Waals surface area contributed by atoms with Crippen molar-refractivity contribution in [1.82, 2.24) is 4.57 Å². The van der Waals surface area contributed by atoms with Gasteiger partial charge in [0.25, 0.3) is 5.69 Å². The largest absolute Gasteiger partial charge is 0.341 e. The Kier molecular flexibility index (Phi) is 4.83. The average molecular weight is 385 g/mol. The molecule has 1 heterocycles. The van der Waals surface area contributed by atoms with Crippen LogP contribution in [0.25, 0.3) is 27.9 Å². The monoisotopic (exact) mass is 385 g/mol. The molecule has 0 aliphatic carbocycles. The van der Waals surface area contributed by atoms with E-state index in [-0.39, 0.29) is 11.6 Å². The minimum Gasteiger partial charge on any atom is -0.341 e. The Morgan fingerprint density at radius 1 is 1.03 bits per heavy atom. The predicted octanol–water partition coefficient (Wildman–Crippen LogP) is 5.37. The molecule has 4 rings (SSSR count). The Labute approximate surface area is 167 Å². The Balaban J connectivity index is 1.59. The highest BCUT2D eigenvalue weighted by Gasteiger charge is 2.10. The Hall–Kier alpha value is -3.93. The zero-order valence-corrected chi connectivity index (χ0v) is 15.8. The van der Waals surface area contributed by atoms with Crippen LogP contribution in [0.4, 0.5) is 11.4 Å². The summed E-state index contributed by atoms with van der Waals surface area (Å²) in [5, 5.41) is 16.0. The fraction of sp³-hybridized carbons (Fsp3) is 0.0870. The van der Waals surface area contributed by atoms with E-state index < -0.39 is 4.92 Å². The number of hydrogen-bond donors (Lipinski definition) is 1. The van der Waals surface area contributed by atoms with Crippen LogP contribution in [0, 0.1) is 10.1 Å². The smallest absolute Gasteiger partial charge is 0.270 e. The van der Waals surface area contributed by atoms with Gasteiger partial charge < -0.3 is 9.88 Å². The highest BCUT2D eigenvalue weighted by molar-refractivity contribution is 6.10. The number of carbonyl (C=O) groups is 1. The van der Waals surface area contributed by atoms with Crippen LogP contribution in [-0.4, -0.2) is 15.4 Å². The van der Waals surface area contributed by atoms with Crippen molar-refractivity contribution in [3.8, 4) is 0 Å². The molecule has 6 heteroatoms. The first kappa shape index (κ1) is 18.4. The van der Waals surface area contributed by atoms with Crippen molar-refractivity contribution in [2.75, 3.05) is 5.32 Å². The third-order valence-corrected chi connectivity index (χ3v) is 4.86. The van der Waals surface area contributed by atoms with Gasteiger partial charge in [-0.1, -0.05) is 30.3 Å². The van der Waals surface area contributed by atoms with Gasteiger partial charge in [-0.2, -0.15) is 0 Å². The zero-order chi connectivity index (χ0) is 20.4. The molecule has 1 amide bonds. The molecule has 4 aromatic rings. The molecule has 0 aliphatic rings. The van der Waals surface area contributed by atoms with E-state index >= 15 is 0 Å². The number of aromatic nitrogens is 1. The number of nitrogens with zero attached hydrogens (tertiary/aromatic N) is 2. The van der Waals surface area contributed by atoms with E-state index in [9.17, 15) is 14.9 Å². The molecule has 0 fully saturated rings. The number of benzene rings is 3. The summed E-state index contributed by atoms with van der Waals surface area (Å²) in [5.74, 6) is -0.296. The topological polar surface area (TPSA) is 77.2 Å². The lowest BCUT2D eigenvalue weighted by atomic mass is 10.1. The number of nitro benzene ring substituents is 1. The Morgan fingerprint density at radius 3 is 2.62 bits per heavy atom. The third kappa shape index (κ3) is 3.60. The molecule has 144 valence electrons. The second-order valence-electron chi connectivity index (χ2n) is 6.67. The molecule has 0 atom stereocenters. The van der Waals surface area contributed by atoms with Crippen molar-refractivity contribution < 1.29 is 9.72 Å². The van der Waals surface area contributed by atoms with Crippen LogP contribution in [0.15, 0.2) is 72.8 Å². The number of nitrogens with one attached hydrogen (secondary N) is 1. The van der Waals surface area contributed by atoms with Crippen LogP contribution in [0.1, 0.15) is 12.5 Å². The van der Waals surface area contributed by atoms with Gasteiger partial charge in [0, 0.05) is 52.2 Å². The molecule has 6 nitrogen and oxygen atoms in total. The lowest BCUT2D eigenvalue weighted by Gasteiger charge is -2.05. The fourth-order valence-corrected chi connectivity index (χ4v) is 3.57. The quantitative estimate of drug-likeness (QED) is 0.285. The molecular weight excluding hydrogens is 366 g/mol. The van der Waals surface area contributed by atoms with Gasteiger partial charge in [-0.3, -0.25) is 14.9 Å². The molecule has 0 spiro atoms. The van der Waals surface area contributed by atoms with Crippen molar-refractivity contribution in [3.63, 3.8) is 0 Å². The minimum atomic E-state index is -0.459. The highest BCUT2D eigenvalue weighted by atomic mass is 16.6. The second-order valence-corrected chi connectivity index (χ2v) is 6.67. The molecule has 0 bridgehead atoms. The van der Waals surface area contributed by atoms with E-state index in [1.54, 1.807) is 18.2 Å². The van der Waals surface area contributed by atoms with E-state index in [4.69, 9.17) is 0 Å². The van der Waals surface area contributed by atoms with Gasteiger partial charge in [0.1, 0.15) is 0 Å². The van der Waals surface area contributed by atoms with E-state index in [0.717, 1.165) is 22.8 Å². The lowest BCUT2D eigenvalue weighted by Crippen LogP contribution is -2.07. The van der Waals surface area contributed by atoms with Crippen molar-refractivity contribution in [2.45, 2.75) is 13.5 Å². The molecule has 29 heavy (non-hydrogen) atoms. The first-order valence-electron chi connectivity index (χ1n) is 9.31. The maximum atomic E-state index is 12.3. The van der Waals surface area contributed by atoms with Crippen LogP contribution in [0.2, 0.25) is 0 Å². The van der Waals surface area contributed by atoms with Crippen molar-refractivity contribution in [1.29, 1.82) is 0 Å². The summed E-state index contributed by atoms with van der Waals surface area (Å²) in [5.41, 5.74) is 3.57. The van der Waals surface area contributed by atoms with Crippen LogP contribution in [0.5, 0.6) is 0 Å². The van der Waals surface area contributed by atoms with E-state index in [2.05, 4.69) is 28.9 Å². The number of para-hydroxylation sites is 1. The van der Waals surface area contributed by atoms with Crippen LogP contribution < -0.4 is 5.32 Å². The predicted molar refractivity (Wildman–Crippen MR) is 116 cm³/mol. The maximum Gasteiger partial charge on any atom is 0.270 e. The van der Waals surface area contributed by atoms with Gasteiger partial charge in [-0.05, 0) is 42.8 Å². The summed E-state index contributed by atoms with van der Waals surface area (Å²) in [6.07, 6.45) is 2.93. The number of carbonyl (C=O) groups excluding carboxylic acids is 1. The molecule has 0 saturated heterocycles. The van der Waals surface area contributed by atoms with Gasteiger partial charge in [-0.25, -0.2) is 0 Å². The fourth-order valence-electron chi connectivity index (χ4n) is 3.57. The number of nitro groups is 1. The Morgan fingerprint density at radius 2 is 1.83 bits per heavy atom. The molecule has 0 aliphatic heterocycles. The van der Waals surface area contributed by atoms with Gasteiger partial charge in [0.15, 0.2) is 0 Å². The van der Waals surface area contributed by atoms with E-state index in [0.29, 0.717) is 11.3 Å². The van der Waals surface area contributed by atoms with Crippen molar-refractivity contribution in [3.05, 3.63) is 88.5 Å². The minimum absolute atomic E-state index is 0.00896. The Bertz CT molecular complexity index is 1270. The van der Waals surface area contributed by atoms with Crippen LogP contribution >= 0.6 is 0 Å². The molecule has 0 radical (unpaired) electrons. The summed E-state index contributed by atoms with van der Waals surface area (Å²) >= 11 is 0. The van der Waals surface area contributed by atoms with Crippen LogP contribution in [-0.2, 0) is 11.3 Å². The number of rotatable bonds is 5. The number of anilines is 1. The van der Waals surface area contributed by atoms with Crippen LogP contribution in [0.3, 0.4) is 0 Å². The third-order valence-electron chi connectivity index (χ3n) is 4.86. The molecule has 0 unspecified atom stereocenters. The van der Waals surface area contributed by atoms with Gasteiger partial charge in [0.2, 0.25) is 5.91 Å². The molecular formula is C23H19N3O3. The summed E-state index contributed by atoms with van der Waals surface area (Å²) in [6.45, 7) is 2.97. The average Bonchev–Trinajstić information content (AvgIpc) is 3.05. The summed E-state index contributed by atoms with van der Waals surface area (Å²) in [4.78, 5) is 22.7. The highest BCUT2D eigenvalue weighted by Crippen LogP contribution is 2.31. The molecule has 1 N–H and O–H groups in total. The van der Waals surface area contributed by atoms with Crippen molar-refractivity contribution in [2.24, 2.45) is 0 Å². The van der Waals surface area contributed by atoms with E-state index in [1.165, 1.54) is 23.7 Å². The summed E-state index contributed by atoms with van der Waals surface area (Å²) in [7, 11) is 0. The number of amides is 1. The zero-order valence-electron chi connectivity index (χ0n) is 15.8. The maximum absolute atomic E-state index is 12.3. The second kappa shape index (κ2) is 7.59. The van der Waals surface area contributed by atoms with Gasteiger partial charge in [0.05, 0.1) is 4.92 Å². The van der Waals surface area contributed by atoms with Gasteiger partial charge >= 0.3 is 0 Å². The summed E-state index contributed by atoms with van der Waals surface area (Å²) in [6, 6.07) is 20.2. The number of aryl methyl sites for hydroxylation is 1. The van der Waals surface area contributed by atoms with Gasteiger partial charge in [-0.15, -0.1) is 0 Å². The number of fused-ring (bicyclic) bond motifs is 3. The molecule has 0 saturated carbocycles. The van der Waals surface area contributed by atoms with Crippen molar-refractivity contribution >= 4 is 45.2 Å².